The number of aromatic amines is 1. The second-order valence-electron chi connectivity index (χ2n) is 3.71. The highest BCUT2D eigenvalue weighted by molar-refractivity contribution is 7.92. The summed E-state index contributed by atoms with van der Waals surface area (Å²) in [5.41, 5.74) is 0.763. The summed E-state index contributed by atoms with van der Waals surface area (Å²) >= 11 is 5.88. The Bertz CT molecular complexity index is 672. The molecule has 0 saturated heterocycles. The van der Waals surface area contributed by atoms with E-state index < -0.39 is 10.0 Å². The summed E-state index contributed by atoms with van der Waals surface area (Å²) in [7, 11) is -2.02. The maximum Gasteiger partial charge on any atom is 0.240 e. The van der Waals surface area contributed by atoms with Gasteiger partial charge in [-0.05, 0) is 6.42 Å². The van der Waals surface area contributed by atoms with Crippen LogP contribution in [0.15, 0.2) is 6.33 Å². The smallest absolute Gasteiger partial charge is 0.240 e. The molecule has 2 aromatic rings. The number of aromatic nitrogens is 4. The molecule has 104 valence electrons. The number of ether oxygens (including phenoxy) is 1. The molecular formula is C9H12ClN5O3S. The molecule has 0 aliphatic heterocycles. The van der Waals surface area contributed by atoms with Gasteiger partial charge in [-0.3, -0.25) is 4.72 Å². The first-order chi connectivity index (χ1) is 9.02. The third-order valence-electron chi connectivity index (χ3n) is 2.25. The Labute approximate surface area is 114 Å². The first-order valence-electron chi connectivity index (χ1n) is 5.38. The van der Waals surface area contributed by atoms with Crippen LogP contribution in [0.2, 0.25) is 5.15 Å². The molecule has 8 nitrogen and oxygen atoms in total. The van der Waals surface area contributed by atoms with E-state index in [1.165, 1.54) is 13.4 Å². The van der Waals surface area contributed by atoms with Gasteiger partial charge in [0.25, 0.3) is 0 Å². The third kappa shape index (κ3) is 3.52. The lowest BCUT2D eigenvalue weighted by Crippen LogP contribution is -2.19. The van der Waals surface area contributed by atoms with Gasteiger partial charge in [-0.1, -0.05) is 11.6 Å². The van der Waals surface area contributed by atoms with Gasteiger partial charge in [-0.15, -0.1) is 0 Å². The van der Waals surface area contributed by atoms with Crippen molar-refractivity contribution in [2.45, 2.75) is 6.42 Å². The summed E-state index contributed by atoms with van der Waals surface area (Å²) in [6.45, 7) is 0.362. The fourth-order valence-electron chi connectivity index (χ4n) is 1.43. The number of methoxy groups -OCH3 is 1. The minimum absolute atomic E-state index is 0.0829. The number of imidazole rings is 1. The number of rotatable bonds is 6. The maximum atomic E-state index is 11.7. The van der Waals surface area contributed by atoms with Gasteiger partial charge in [0.15, 0.2) is 10.8 Å². The number of anilines is 1. The van der Waals surface area contributed by atoms with E-state index >= 15 is 0 Å². The number of sulfonamides is 1. The highest BCUT2D eigenvalue weighted by Crippen LogP contribution is 2.18. The van der Waals surface area contributed by atoms with Crippen molar-refractivity contribution in [3.8, 4) is 0 Å². The molecule has 0 saturated carbocycles. The van der Waals surface area contributed by atoms with Crippen molar-refractivity contribution in [1.82, 2.24) is 19.9 Å². The number of nitrogens with zero attached hydrogens (tertiary/aromatic N) is 3. The predicted molar refractivity (Wildman–Crippen MR) is 70.6 cm³/mol. The molecule has 0 fully saturated rings. The Kier molecular flexibility index (Phi) is 4.17. The molecule has 10 heteroatoms. The van der Waals surface area contributed by atoms with Crippen LogP contribution in [0.25, 0.3) is 11.2 Å². The van der Waals surface area contributed by atoms with Gasteiger partial charge in [-0.2, -0.15) is 9.97 Å². The quantitative estimate of drug-likeness (QED) is 0.603. The largest absolute Gasteiger partial charge is 0.385 e. The van der Waals surface area contributed by atoms with Gasteiger partial charge in [0.2, 0.25) is 16.0 Å². The molecule has 0 radical (unpaired) electrons. The van der Waals surface area contributed by atoms with Crippen LogP contribution in [0.4, 0.5) is 5.95 Å². The lowest BCUT2D eigenvalue weighted by Gasteiger charge is -2.06. The molecule has 0 spiro atoms. The summed E-state index contributed by atoms with van der Waals surface area (Å²) < 4.78 is 30.5. The number of H-pyrrole nitrogens is 1. The second-order valence-corrected chi connectivity index (χ2v) is 5.91. The normalized spacial score (nSPS) is 11.9. The Morgan fingerprint density at radius 3 is 3.00 bits per heavy atom. The Morgan fingerprint density at radius 2 is 2.26 bits per heavy atom. The lowest BCUT2D eigenvalue weighted by molar-refractivity contribution is 0.199. The number of hydrogen-bond acceptors (Lipinski definition) is 6. The highest BCUT2D eigenvalue weighted by Gasteiger charge is 2.14. The van der Waals surface area contributed by atoms with E-state index in [0.717, 1.165) is 0 Å². The predicted octanol–water partition coefficient (Wildman–Crippen LogP) is 0.785. The fourth-order valence-corrected chi connectivity index (χ4v) is 2.62. The molecular weight excluding hydrogens is 294 g/mol. The van der Waals surface area contributed by atoms with Gasteiger partial charge in [0.1, 0.15) is 5.52 Å². The zero-order valence-corrected chi connectivity index (χ0v) is 11.6. The van der Waals surface area contributed by atoms with Crippen molar-refractivity contribution in [1.29, 1.82) is 0 Å². The molecule has 2 heterocycles. The molecule has 0 aliphatic rings. The average molecular weight is 306 g/mol. The van der Waals surface area contributed by atoms with E-state index in [9.17, 15) is 8.42 Å². The van der Waals surface area contributed by atoms with Crippen LogP contribution in [0.1, 0.15) is 6.42 Å². The number of nitrogens with one attached hydrogen (secondary N) is 2. The minimum atomic E-state index is -3.53. The minimum Gasteiger partial charge on any atom is -0.385 e. The van der Waals surface area contributed by atoms with Crippen molar-refractivity contribution in [2.24, 2.45) is 0 Å². The fraction of sp³-hybridized carbons (Fsp3) is 0.444. The van der Waals surface area contributed by atoms with Gasteiger partial charge in [0, 0.05) is 13.7 Å². The zero-order valence-electron chi connectivity index (χ0n) is 10.1. The second kappa shape index (κ2) is 5.68. The van der Waals surface area contributed by atoms with Gasteiger partial charge in [-0.25, -0.2) is 13.4 Å². The standard InChI is InChI=1S/C9H12ClN5O3S/c1-18-3-2-4-19(16,17)15-9-13-7(10)6-8(14-9)12-5-11-6/h5H,2-4H2,1H3,(H2,11,12,13,14,15). The van der Waals surface area contributed by atoms with E-state index in [1.807, 2.05) is 0 Å². The molecule has 0 aromatic carbocycles. The van der Waals surface area contributed by atoms with Crippen LogP contribution in [-0.4, -0.2) is 47.8 Å². The molecule has 0 unspecified atom stereocenters. The summed E-state index contributed by atoms with van der Waals surface area (Å²) in [6.07, 6.45) is 1.78. The van der Waals surface area contributed by atoms with Crippen LogP contribution >= 0.6 is 11.6 Å². The number of fused-ring (bicyclic) bond motifs is 1. The van der Waals surface area contributed by atoms with Crippen molar-refractivity contribution in [2.75, 3.05) is 24.2 Å². The Morgan fingerprint density at radius 1 is 1.47 bits per heavy atom. The number of hydrogen-bond donors (Lipinski definition) is 2. The summed E-state index contributed by atoms with van der Waals surface area (Å²) in [4.78, 5) is 14.5. The lowest BCUT2D eigenvalue weighted by atomic mass is 10.5. The Hall–Kier alpha value is -1.45. The molecule has 2 rings (SSSR count). The molecule has 19 heavy (non-hydrogen) atoms. The van der Waals surface area contributed by atoms with Crippen LogP contribution in [-0.2, 0) is 14.8 Å². The molecule has 0 bridgehead atoms. The maximum absolute atomic E-state index is 11.7. The number of halogens is 1. The molecule has 2 N–H and O–H groups in total. The third-order valence-corrected chi connectivity index (χ3v) is 3.84. The van der Waals surface area contributed by atoms with E-state index in [1.54, 1.807) is 0 Å². The van der Waals surface area contributed by atoms with Crippen LogP contribution in [0, 0.1) is 0 Å². The molecule has 0 atom stereocenters. The van der Waals surface area contributed by atoms with Gasteiger partial charge < -0.3 is 9.72 Å². The van der Waals surface area contributed by atoms with Crippen molar-refractivity contribution >= 4 is 38.7 Å². The van der Waals surface area contributed by atoms with E-state index in [4.69, 9.17) is 16.3 Å². The van der Waals surface area contributed by atoms with Crippen LogP contribution in [0.5, 0.6) is 0 Å². The van der Waals surface area contributed by atoms with E-state index in [2.05, 4.69) is 24.7 Å². The summed E-state index contributed by atoms with van der Waals surface area (Å²) in [6, 6.07) is 0. The summed E-state index contributed by atoms with van der Waals surface area (Å²) in [5, 5.41) is 0.108. The molecule has 2 aromatic heterocycles. The topological polar surface area (TPSA) is 110 Å². The van der Waals surface area contributed by atoms with Crippen molar-refractivity contribution in [3.63, 3.8) is 0 Å². The molecule has 0 amide bonds. The van der Waals surface area contributed by atoms with Crippen molar-refractivity contribution < 1.29 is 13.2 Å². The molecule has 0 aliphatic carbocycles. The highest BCUT2D eigenvalue weighted by atomic mass is 35.5. The monoisotopic (exact) mass is 305 g/mol. The Balaban J connectivity index is 2.16. The van der Waals surface area contributed by atoms with Gasteiger partial charge >= 0.3 is 0 Å². The van der Waals surface area contributed by atoms with Crippen molar-refractivity contribution in [3.05, 3.63) is 11.5 Å². The van der Waals surface area contributed by atoms with E-state index in [-0.39, 0.29) is 16.9 Å². The van der Waals surface area contributed by atoms with Crippen LogP contribution in [0.3, 0.4) is 0 Å². The zero-order chi connectivity index (χ0) is 13.9. The van der Waals surface area contributed by atoms with Gasteiger partial charge in [0.05, 0.1) is 12.1 Å². The average Bonchev–Trinajstić information content (AvgIpc) is 2.77. The first-order valence-corrected chi connectivity index (χ1v) is 7.41. The first kappa shape index (κ1) is 14.0. The van der Waals surface area contributed by atoms with E-state index in [0.29, 0.717) is 24.2 Å². The van der Waals surface area contributed by atoms with Crippen LogP contribution < -0.4 is 4.72 Å². The summed E-state index contributed by atoms with van der Waals surface area (Å²) in [5.74, 6) is -0.178. The SMILES string of the molecule is COCCCS(=O)(=O)Nc1nc(Cl)c2[nH]cnc2n1.